The monoisotopic (exact) mass is 413 g/mol. The van der Waals surface area contributed by atoms with Crippen LogP contribution in [0.1, 0.15) is 30.4 Å². The van der Waals surface area contributed by atoms with Crippen LogP contribution in [0, 0.1) is 13.8 Å². The highest BCUT2D eigenvalue weighted by Crippen LogP contribution is 2.25. The predicted molar refractivity (Wildman–Crippen MR) is 112 cm³/mol. The van der Waals surface area contributed by atoms with Crippen LogP contribution in [0.5, 0.6) is 5.75 Å². The van der Waals surface area contributed by atoms with Gasteiger partial charge in [0, 0.05) is 12.6 Å². The van der Waals surface area contributed by atoms with Crippen LogP contribution in [0.2, 0.25) is 5.02 Å². The van der Waals surface area contributed by atoms with Crippen LogP contribution in [0.3, 0.4) is 0 Å². The van der Waals surface area contributed by atoms with E-state index in [-0.39, 0.29) is 12.5 Å². The van der Waals surface area contributed by atoms with Gasteiger partial charge >= 0.3 is 0 Å². The minimum absolute atomic E-state index is 0.149. The van der Waals surface area contributed by atoms with Crippen molar-refractivity contribution >= 4 is 17.5 Å². The molecule has 0 fully saturated rings. The molecule has 29 heavy (non-hydrogen) atoms. The number of likely N-dealkylation sites (N-methyl/N-ethyl adjacent to an activating group) is 1. The van der Waals surface area contributed by atoms with Gasteiger partial charge < -0.3 is 14.2 Å². The SMILES string of the molecule is CCC(Oc1cc(C)cc(C)c1)C(=O)N(C)Cc1nc(-c2ccccc2Cl)no1. The van der Waals surface area contributed by atoms with E-state index in [0.29, 0.717) is 34.5 Å². The van der Waals surface area contributed by atoms with Crippen molar-refractivity contribution in [3.05, 3.63) is 64.5 Å². The Kier molecular flexibility index (Phi) is 6.54. The molecule has 0 radical (unpaired) electrons. The van der Waals surface area contributed by atoms with Gasteiger partial charge in [0.15, 0.2) is 6.10 Å². The molecule has 1 aromatic heterocycles. The Balaban J connectivity index is 1.68. The molecule has 1 heterocycles. The predicted octanol–water partition coefficient (Wildman–Crippen LogP) is 4.82. The van der Waals surface area contributed by atoms with Gasteiger partial charge in [-0.1, -0.05) is 41.9 Å². The maximum atomic E-state index is 12.9. The fraction of sp³-hybridized carbons (Fsp3) is 0.318. The highest BCUT2D eigenvalue weighted by atomic mass is 35.5. The number of aryl methyl sites for hydroxylation is 2. The summed E-state index contributed by atoms with van der Waals surface area (Å²) in [6.45, 7) is 6.10. The minimum Gasteiger partial charge on any atom is -0.481 e. The number of rotatable bonds is 7. The fourth-order valence-electron chi connectivity index (χ4n) is 3.07. The standard InChI is InChI=1S/C22H24ClN3O3/c1-5-19(28-16-11-14(2)10-15(3)12-16)22(27)26(4)13-20-24-21(25-29-20)17-8-6-7-9-18(17)23/h6-12,19H,5,13H2,1-4H3. The summed E-state index contributed by atoms with van der Waals surface area (Å²) in [6, 6.07) is 13.2. The highest BCUT2D eigenvalue weighted by molar-refractivity contribution is 6.33. The molecule has 0 spiro atoms. The van der Waals surface area contributed by atoms with Crippen molar-refractivity contribution in [1.29, 1.82) is 0 Å². The Morgan fingerprint density at radius 2 is 1.90 bits per heavy atom. The van der Waals surface area contributed by atoms with E-state index in [0.717, 1.165) is 11.1 Å². The van der Waals surface area contributed by atoms with Crippen LogP contribution in [-0.2, 0) is 11.3 Å². The molecule has 1 amide bonds. The van der Waals surface area contributed by atoms with Gasteiger partial charge in [-0.25, -0.2) is 0 Å². The van der Waals surface area contributed by atoms with Crippen molar-refractivity contribution in [2.24, 2.45) is 0 Å². The number of carbonyl (C=O) groups is 1. The molecule has 2 aromatic carbocycles. The molecule has 0 saturated heterocycles. The van der Waals surface area contributed by atoms with Crippen LogP contribution >= 0.6 is 11.6 Å². The third-order valence-corrected chi connectivity index (χ3v) is 4.78. The van der Waals surface area contributed by atoms with Gasteiger partial charge in [0.1, 0.15) is 5.75 Å². The van der Waals surface area contributed by atoms with Crippen molar-refractivity contribution in [3.63, 3.8) is 0 Å². The number of benzene rings is 2. The zero-order valence-electron chi connectivity index (χ0n) is 17.0. The van der Waals surface area contributed by atoms with E-state index in [1.54, 1.807) is 13.1 Å². The molecule has 0 bridgehead atoms. The first-order chi connectivity index (χ1) is 13.9. The highest BCUT2D eigenvalue weighted by Gasteiger charge is 2.24. The number of hydrogen-bond acceptors (Lipinski definition) is 5. The fourth-order valence-corrected chi connectivity index (χ4v) is 3.29. The number of ether oxygens (including phenoxy) is 1. The molecule has 7 heteroatoms. The first kappa shape index (κ1) is 20.9. The average Bonchev–Trinajstić information content (AvgIpc) is 3.13. The molecule has 3 rings (SSSR count). The van der Waals surface area contributed by atoms with Crippen molar-refractivity contribution in [3.8, 4) is 17.1 Å². The van der Waals surface area contributed by atoms with Gasteiger partial charge in [-0.05, 0) is 55.7 Å². The third kappa shape index (κ3) is 5.15. The summed E-state index contributed by atoms with van der Waals surface area (Å²) in [7, 11) is 1.69. The molecular weight excluding hydrogens is 390 g/mol. The van der Waals surface area contributed by atoms with E-state index >= 15 is 0 Å². The van der Waals surface area contributed by atoms with Crippen molar-refractivity contribution in [1.82, 2.24) is 15.0 Å². The Morgan fingerprint density at radius 1 is 1.21 bits per heavy atom. The molecule has 1 atom stereocenters. The van der Waals surface area contributed by atoms with Gasteiger partial charge in [0.05, 0.1) is 11.6 Å². The van der Waals surface area contributed by atoms with Gasteiger partial charge in [0.2, 0.25) is 11.7 Å². The summed E-state index contributed by atoms with van der Waals surface area (Å²) in [5.74, 6) is 1.26. The Labute approximate surface area is 175 Å². The normalized spacial score (nSPS) is 11.9. The number of halogens is 1. The second-order valence-electron chi connectivity index (χ2n) is 7.02. The van der Waals surface area contributed by atoms with Gasteiger partial charge in [-0.15, -0.1) is 0 Å². The largest absolute Gasteiger partial charge is 0.481 e. The molecule has 0 N–H and O–H groups in total. The summed E-state index contributed by atoms with van der Waals surface area (Å²) >= 11 is 6.18. The zero-order valence-corrected chi connectivity index (χ0v) is 17.7. The molecule has 152 valence electrons. The van der Waals surface area contributed by atoms with Crippen LogP contribution in [-0.4, -0.2) is 34.1 Å². The average molecular weight is 414 g/mol. The smallest absolute Gasteiger partial charge is 0.263 e. The summed E-state index contributed by atoms with van der Waals surface area (Å²) in [4.78, 5) is 18.8. The Bertz CT molecular complexity index is 982. The van der Waals surface area contributed by atoms with Crippen molar-refractivity contribution < 1.29 is 14.1 Å². The molecule has 0 aliphatic rings. The molecule has 6 nitrogen and oxygen atoms in total. The van der Waals surface area contributed by atoms with Gasteiger partial charge in [-0.3, -0.25) is 4.79 Å². The number of aromatic nitrogens is 2. The van der Waals surface area contributed by atoms with Crippen molar-refractivity contribution in [2.75, 3.05) is 7.05 Å². The van der Waals surface area contributed by atoms with E-state index < -0.39 is 6.10 Å². The lowest BCUT2D eigenvalue weighted by molar-refractivity contribution is -0.138. The summed E-state index contributed by atoms with van der Waals surface area (Å²) in [6.07, 6.45) is -0.0441. The summed E-state index contributed by atoms with van der Waals surface area (Å²) in [5, 5.41) is 4.51. The van der Waals surface area contributed by atoms with Gasteiger partial charge in [0.25, 0.3) is 5.91 Å². The minimum atomic E-state index is -0.591. The first-order valence-electron chi connectivity index (χ1n) is 9.44. The molecule has 0 aliphatic carbocycles. The quantitative estimate of drug-likeness (QED) is 0.555. The number of carbonyl (C=O) groups excluding carboxylic acids is 1. The van der Waals surface area contributed by atoms with Crippen LogP contribution in [0.4, 0.5) is 0 Å². The summed E-state index contributed by atoms with van der Waals surface area (Å²) in [5.41, 5.74) is 2.87. The van der Waals surface area contributed by atoms with Crippen LogP contribution in [0.25, 0.3) is 11.4 Å². The van der Waals surface area contributed by atoms with E-state index in [2.05, 4.69) is 16.2 Å². The second-order valence-corrected chi connectivity index (χ2v) is 7.43. The molecule has 0 aliphatic heterocycles. The lowest BCUT2D eigenvalue weighted by atomic mass is 10.1. The number of nitrogens with zero attached hydrogens (tertiary/aromatic N) is 3. The Hall–Kier alpha value is -2.86. The van der Waals surface area contributed by atoms with E-state index in [1.165, 1.54) is 4.90 Å². The first-order valence-corrected chi connectivity index (χ1v) is 9.82. The van der Waals surface area contributed by atoms with E-state index in [4.69, 9.17) is 20.9 Å². The lowest BCUT2D eigenvalue weighted by Gasteiger charge is -2.23. The molecule has 3 aromatic rings. The van der Waals surface area contributed by atoms with E-state index in [1.807, 2.05) is 51.1 Å². The lowest BCUT2D eigenvalue weighted by Crippen LogP contribution is -2.39. The zero-order chi connectivity index (χ0) is 21.0. The van der Waals surface area contributed by atoms with Gasteiger partial charge in [-0.2, -0.15) is 4.98 Å². The van der Waals surface area contributed by atoms with Crippen molar-refractivity contribution in [2.45, 2.75) is 39.8 Å². The molecule has 0 saturated carbocycles. The van der Waals surface area contributed by atoms with Crippen LogP contribution < -0.4 is 4.74 Å². The second kappa shape index (κ2) is 9.09. The van der Waals surface area contributed by atoms with Crippen LogP contribution in [0.15, 0.2) is 47.0 Å². The molecular formula is C22H24ClN3O3. The topological polar surface area (TPSA) is 68.5 Å². The maximum Gasteiger partial charge on any atom is 0.263 e. The Morgan fingerprint density at radius 3 is 2.55 bits per heavy atom. The third-order valence-electron chi connectivity index (χ3n) is 4.45. The molecule has 1 unspecified atom stereocenters. The number of hydrogen-bond donors (Lipinski definition) is 0. The van der Waals surface area contributed by atoms with E-state index in [9.17, 15) is 4.79 Å². The number of amides is 1. The summed E-state index contributed by atoms with van der Waals surface area (Å²) < 4.78 is 11.3. The maximum absolute atomic E-state index is 12.9.